The largest absolute Gasteiger partial charge is 0.466 e. The summed E-state index contributed by atoms with van der Waals surface area (Å²) in [7, 11) is -3.70. The Hall–Kier alpha value is -1.15. The molecule has 4 atom stereocenters. The highest BCUT2D eigenvalue weighted by Crippen LogP contribution is 2.62. The van der Waals surface area contributed by atoms with Crippen molar-refractivity contribution >= 4 is 21.8 Å². The Labute approximate surface area is 111 Å². The van der Waals surface area contributed by atoms with Crippen molar-refractivity contribution in [2.45, 2.75) is 18.7 Å². The van der Waals surface area contributed by atoms with Crippen molar-refractivity contribution in [2.75, 3.05) is 19.0 Å². The normalized spacial score (nSPS) is 38.4. The fraction of sp³-hybridized carbons (Fsp3) is 0.818. The molecule has 1 saturated carbocycles. The summed E-state index contributed by atoms with van der Waals surface area (Å²) < 4.78 is 33.7. The molecule has 2 rings (SSSR count). The molecule has 0 aromatic rings. The number of carbonyl (C=O) groups excluding carboxylic acids is 2. The summed E-state index contributed by atoms with van der Waals surface area (Å²) in [4.78, 5) is 21.8. The zero-order valence-corrected chi connectivity index (χ0v) is 11.6. The van der Waals surface area contributed by atoms with Crippen LogP contribution in [-0.4, -0.2) is 44.2 Å². The van der Waals surface area contributed by atoms with Gasteiger partial charge in [-0.15, -0.1) is 0 Å². The van der Waals surface area contributed by atoms with Crippen LogP contribution in [0.1, 0.15) is 13.8 Å². The Kier molecular flexibility index (Phi) is 3.34. The third kappa shape index (κ3) is 1.85. The van der Waals surface area contributed by atoms with E-state index in [-0.39, 0.29) is 19.0 Å². The maximum absolute atomic E-state index is 12.0. The van der Waals surface area contributed by atoms with Crippen molar-refractivity contribution in [1.29, 1.82) is 0 Å². The van der Waals surface area contributed by atoms with E-state index in [0.29, 0.717) is 0 Å². The second-order valence-corrected chi connectivity index (χ2v) is 7.02. The van der Waals surface area contributed by atoms with Crippen LogP contribution in [0.15, 0.2) is 0 Å². The lowest BCUT2D eigenvalue weighted by atomic mass is 10.0. The van der Waals surface area contributed by atoms with Crippen LogP contribution in [0.3, 0.4) is 0 Å². The molecule has 0 spiro atoms. The first kappa shape index (κ1) is 14.3. The molecular formula is C11H17NO6S. The van der Waals surface area contributed by atoms with Gasteiger partial charge in [0.25, 0.3) is 0 Å². The highest BCUT2D eigenvalue weighted by atomic mass is 32.2. The summed E-state index contributed by atoms with van der Waals surface area (Å²) in [6, 6.07) is 0. The van der Waals surface area contributed by atoms with Gasteiger partial charge in [0.05, 0.1) is 30.8 Å². The number of rotatable bonds is 4. The van der Waals surface area contributed by atoms with Gasteiger partial charge in [0.15, 0.2) is 9.84 Å². The summed E-state index contributed by atoms with van der Waals surface area (Å²) in [6.07, 6.45) is 0. The first-order valence-electron chi connectivity index (χ1n) is 6.15. The minimum absolute atomic E-state index is 0.141. The lowest BCUT2D eigenvalue weighted by Gasteiger charge is -2.13. The third-order valence-electron chi connectivity index (χ3n) is 3.76. The number of hydrogen-bond donors (Lipinski definition) is 1. The van der Waals surface area contributed by atoms with Gasteiger partial charge in [-0.1, -0.05) is 0 Å². The molecule has 2 N–H and O–H groups in total. The van der Waals surface area contributed by atoms with Gasteiger partial charge >= 0.3 is 11.9 Å². The molecule has 108 valence electrons. The molecule has 0 radical (unpaired) electrons. The second-order valence-electron chi connectivity index (χ2n) is 4.75. The van der Waals surface area contributed by atoms with Crippen molar-refractivity contribution < 1.29 is 27.5 Å². The molecule has 1 aliphatic carbocycles. The van der Waals surface area contributed by atoms with Crippen LogP contribution in [0.25, 0.3) is 0 Å². The van der Waals surface area contributed by atoms with Crippen LogP contribution < -0.4 is 5.73 Å². The average molecular weight is 291 g/mol. The molecule has 2 aliphatic rings. The molecule has 0 amide bonds. The highest BCUT2D eigenvalue weighted by Gasteiger charge is 2.82. The van der Waals surface area contributed by atoms with Gasteiger partial charge in [-0.25, -0.2) is 8.42 Å². The summed E-state index contributed by atoms with van der Waals surface area (Å²) in [6.45, 7) is 3.55. The van der Waals surface area contributed by atoms with E-state index in [1.165, 1.54) is 0 Å². The first-order chi connectivity index (χ1) is 8.81. The van der Waals surface area contributed by atoms with E-state index in [1.54, 1.807) is 13.8 Å². The highest BCUT2D eigenvalue weighted by molar-refractivity contribution is 7.93. The number of esters is 2. The molecule has 1 saturated heterocycles. The smallest absolute Gasteiger partial charge is 0.312 e. The van der Waals surface area contributed by atoms with E-state index >= 15 is 0 Å². The molecule has 0 bridgehead atoms. The fourth-order valence-electron chi connectivity index (χ4n) is 2.87. The number of carbonyl (C=O) groups is 2. The van der Waals surface area contributed by atoms with Crippen molar-refractivity contribution in [3.63, 3.8) is 0 Å². The van der Waals surface area contributed by atoms with Gasteiger partial charge < -0.3 is 15.2 Å². The predicted molar refractivity (Wildman–Crippen MR) is 64.4 cm³/mol. The van der Waals surface area contributed by atoms with E-state index in [0.717, 1.165) is 0 Å². The summed E-state index contributed by atoms with van der Waals surface area (Å²) in [5.41, 5.74) is 5.83. The molecule has 7 nitrogen and oxygen atoms in total. The molecule has 19 heavy (non-hydrogen) atoms. The second kappa shape index (κ2) is 4.45. The molecular weight excluding hydrogens is 274 g/mol. The van der Waals surface area contributed by atoms with Crippen molar-refractivity contribution in [1.82, 2.24) is 0 Å². The Morgan fingerprint density at radius 3 is 2.26 bits per heavy atom. The minimum Gasteiger partial charge on any atom is -0.466 e. The van der Waals surface area contributed by atoms with Crippen LogP contribution >= 0.6 is 0 Å². The van der Waals surface area contributed by atoms with Crippen LogP contribution in [0.2, 0.25) is 0 Å². The first-order valence-corrected chi connectivity index (χ1v) is 7.80. The van der Waals surface area contributed by atoms with Gasteiger partial charge in [0.2, 0.25) is 0 Å². The van der Waals surface area contributed by atoms with Gasteiger partial charge in [-0.05, 0) is 13.8 Å². The maximum Gasteiger partial charge on any atom is 0.312 e. The van der Waals surface area contributed by atoms with Crippen LogP contribution in [0, 0.1) is 17.8 Å². The quantitative estimate of drug-likeness (QED) is 0.665. The Morgan fingerprint density at radius 2 is 1.74 bits per heavy atom. The number of sulfone groups is 1. The molecule has 2 fully saturated rings. The molecule has 0 aromatic heterocycles. The molecule has 4 unspecified atom stereocenters. The molecule has 0 aromatic carbocycles. The predicted octanol–water partition coefficient (Wildman–Crippen LogP) is -0.942. The Balaban J connectivity index is 2.26. The Morgan fingerprint density at radius 1 is 1.21 bits per heavy atom. The number of fused-ring (bicyclic) bond motifs is 1. The number of hydrogen-bond acceptors (Lipinski definition) is 7. The monoisotopic (exact) mass is 291 g/mol. The van der Waals surface area contributed by atoms with E-state index in [4.69, 9.17) is 15.2 Å². The van der Waals surface area contributed by atoms with Gasteiger partial charge in [0.1, 0.15) is 4.87 Å². The van der Waals surface area contributed by atoms with Crippen molar-refractivity contribution in [3.8, 4) is 0 Å². The Bertz CT molecular complexity index is 495. The van der Waals surface area contributed by atoms with Crippen molar-refractivity contribution in [3.05, 3.63) is 0 Å². The van der Waals surface area contributed by atoms with Gasteiger partial charge in [-0.2, -0.15) is 0 Å². The topological polar surface area (TPSA) is 113 Å². The zero-order chi connectivity index (χ0) is 14.4. The SMILES string of the molecule is CCOC(=O)C1CS(=O)(=O)C2(N)C(C(=O)OCC)C12. The van der Waals surface area contributed by atoms with E-state index < -0.39 is 44.4 Å². The molecule has 1 heterocycles. The van der Waals surface area contributed by atoms with Crippen LogP contribution in [0.5, 0.6) is 0 Å². The summed E-state index contributed by atoms with van der Waals surface area (Å²) >= 11 is 0. The van der Waals surface area contributed by atoms with Gasteiger partial charge in [-0.3, -0.25) is 9.59 Å². The van der Waals surface area contributed by atoms with E-state index in [1.807, 2.05) is 0 Å². The zero-order valence-electron chi connectivity index (χ0n) is 10.8. The summed E-state index contributed by atoms with van der Waals surface area (Å²) in [5, 5.41) is 0. The van der Waals surface area contributed by atoms with Crippen LogP contribution in [0.4, 0.5) is 0 Å². The fourth-order valence-corrected chi connectivity index (χ4v) is 5.25. The lowest BCUT2D eigenvalue weighted by molar-refractivity contribution is -0.149. The average Bonchev–Trinajstić information content (AvgIpc) is 2.89. The van der Waals surface area contributed by atoms with Crippen molar-refractivity contribution in [2.24, 2.45) is 23.5 Å². The van der Waals surface area contributed by atoms with Crippen LogP contribution in [-0.2, 0) is 28.9 Å². The summed E-state index contributed by atoms with van der Waals surface area (Å²) in [5.74, 6) is -4.19. The maximum atomic E-state index is 12.0. The lowest BCUT2D eigenvalue weighted by Crippen LogP contribution is -2.37. The minimum atomic E-state index is -3.70. The molecule has 1 aliphatic heterocycles. The number of nitrogens with two attached hydrogens (primary N) is 1. The van der Waals surface area contributed by atoms with E-state index in [2.05, 4.69) is 0 Å². The number of ether oxygens (including phenoxy) is 2. The van der Waals surface area contributed by atoms with Gasteiger partial charge in [0, 0.05) is 5.92 Å². The standard InChI is InChI=1S/C11H17NO6S/c1-3-17-9(13)6-5-19(15,16)11(12)7(6)8(11)10(14)18-4-2/h6-8H,3-5,12H2,1-2H3. The third-order valence-corrected chi connectivity index (χ3v) is 6.16. The van der Waals surface area contributed by atoms with E-state index in [9.17, 15) is 18.0 Å². The molecule has 8 heteroatoms.